The summed E-state index contributed by atoms with van der Waals surface area (Å²) in [5.74, 6) is -0.518. The van der Waals surface area contributed by atoms with E-state index in [9.17, 15) is 0 Å². The Hall–Kier alpha value is -1.42. The van der Waals surface area contributed by atoms with Gasteiger partial charge in [0.1, 0.15) is 0 Å². The van der Waals surface area contributed by atoms with Gasteiger partial charge in [-0.15, -0.1) is 0 Å². The van der Waals surface area contributed by atoms with Crippen LogP contribution in [0.5, 0.6) is 0 Å². The Kier molecular flexibility index (Phi) is 1.44. The first-order valence-corrected chi connectivity index (χ1v) is 4.21. The lowest BCUT2D eigenvalue weighted by Crippen LogP contribution is -2.54. The van der Waals surface area contributed by atoms with Gasteiger partial charge in [0.25, 0.3) is 0 Å². The molecule has 0 aromatic heterocycles. The monoisotopic (exact) mass is 178 g/mol. The molecule has 1 unspecified atom stereocenters. The predicted octanol–water partition coefficient (Wildman–Crippen LogP) is 0.763. The smallest absolute Gasteiger partial charge is 0.161 e. The molecule has 13 heavy (non-hydrogen) atoms. The lowest BCUT2D eigenvalue weighted by atomic mass is 10.2. The van der Waals surface area contributed by atoms with Gasteiger partial charge in [0.15, 0.2) is 5.79 Å². The molecular formula is C9H14N4. The van der Waals surface area contributed by atoms with Crippen LogP contribution in [0, 0.1) is 0 Å². The van der Waals surface area contributed by atoms with Crippen molar-refractivity contribution in [2.45, 2.75) is 12.7 Å². The molecule has 1 aromatic rings. The van der Waals surface area contributed by atoms with Crippen LogP contribution in [-0.4, -0.2) is 12.8 Å². The first-order chi connectivity index (χ1) is 6.00. The molecule has 1 aliphatic rings. The van der Waals surface area contributed by atoms with E-state index < -0.39 is 5.79 Å². The number of nitrogen functional groups attached to an aromatic ring is 1. The minimum absolute atomic E-state index is 0.518. The largest absolute Gasteiger partial charge is 0.399 e. The number of hydrogen-bond donors (Lipinski definition) is 3. The van der Waals surface area contributed by atoms with Crippen LogP contribution in [0.3, 0.4) is 0 Å². The fourth-order valence-corrected chi connectivity index (χ4v) is 1.55. The van der Waals surface area contributed by atoms with Crippen molar-refractivity contribution < 1.29 is 0 Å². The fraction of sp³-hybridized carbons (Fsp3) is 0.333. The first-order valence-electron chi connectivity index (χ1n) is 4.21. The zero-order valence-electron chi connectivity index (χ0n) is 7.83. The summed E-state index contributed by atoms with van der Waals surface area (Å²) in [5.41, 5.74) is 14.5. The third-order valence-corrected chi connectivity index (χ3v) is 2.47. The molecule has 1 atom stereocenters. The first kappa shape index (κ1) is 8.19. The number of nitrogens with two attached hydrogens (primary N) is 2. The third-order valence-electron chi connectivity index (χ3n) is 2.47. The average molecular weight is 178 g/mol. The maximum absolute atomic E-state index is 6.00. The summed E-state index contributed by atoms with van der Waals surface area (Å²) >= 11 is 0. The van der Waals surface area contributed by atoms with Crippen LogP contribution in [0.25, 0.3) is 0 Å². The van der Waals surface area contributed by atoms with Crippen LogP contribution >= 0.6 is 0 Å². The van der Waals surface area contributed by atoms with Crippen molar-refractivity contribution in [2.75, 3.05) is 23.0 Å². The van der Waals surface area contributed by atoms with Gasteiger partial charge in [0.2, 0.25) is 0 Å². The van der Waals surface area contributed by atoms with Crippen LogP contribution in [0.2, 0.25) is 0 Å². The van der Waals surface area contributed by atoms with Crippen molar-refractivity contribution in [1.82, 2.24) is 0 Å². The molecule has 0 saturated carbocycles. The second-order valence-corrected chi connectivity index (χ2v) is 3.61. The second kappa shape index (κ2) is 2.29. The Bertz CT molecular complexity index is 345. The van der Waals surface area contributed by atoms with Gasteiger partial charge in [0, 0.05) is 12.7 Å². The van der Waals surface area contributed by atoms with Crippen LogP contribution in [0.1, 0.15) is 6.92 Å². The SMILES string of the molecule is CN1c2ccc(N)cc2NC1(C)N. The minimum Gasteiger partial charge on any atom is -0.399 e. The highest BCUT2D eigenvalue weighted by Crippen LogP contribution is 2.37. The molecule has 0 spiro atoms. The molecule has 4 heteroatoms. The van der Waals surface area contributed by atoms with Crippen molar-refractivity contribution >= 4 is 17.1 Å². The van der Waals surface area contributed by atoms with Gasteiger partial charge in [-0.1, -0.05) is 0 Å². The topological polar surface area (TPSA) is 67.3 Å². The number of nitrogens with zero attached hydrogens (tertiary/aromatic N) is 1. The molecule has 1 aliphatic heterocycles. The molecule has 0 radical (unpaired) electrons. The Morgan fingerprint density at radius 2 is 2.15 bits per heavy atom. The molecule has 0 fully saturated rings. The molecule has 0 amide bonds. The van der Waals surface area contributed by atoms with Crippen LogP contribution < -0.4 is 21.7 Å². The van der Waals surface area contributed by atoms with Crippen LogP contribution in [0.4, 0.5) is 17.1 Å². The molecule has 0 saturated heterocycles. The molecule has 1 heterocycles. The summed E-state index contributed by atoms with van der Waals surface area (Å²) in [7, 11) is 1.95. The van der Waals surface area contributed by atoms with Crippen molar-refractivity contribution in [3.05, 3.63) is 18.2 Å². The van der Waals surface area contributed by atoms with Crippen molar-refractivity contribution in [2.24, 2.45) is 5.73 Å². The summed E-state index contributed by atoms with van der Waals surface area (Å²) in [4.78, 5) is 1.99. The number of benzene rings is 1. The van der Waals surface area contributed by atoms with E-state index in [4.69, 9.17) is 11.5 Å². The highest BCUT2D eigenvalue weighted by atomic mass is 15.4. The number of hydrogen-bond acceptors (Lipinski definition) is 4. The van der Waals surface area contributed by atoms with Crippen molar-refractivity contribution in [1.29, 1.82) is 0 Å². The van der Waals surface area contributed by atoms with Crippen molar-refractivity contribution in [3.8, 4) is 0 Å². The predicted molar refractivity (Wildman–Crippen MR) is 55.5 cm³/mol. The summed E-state index contributed by atoms with van der Waals surface area (Å²) in [6.45, 7) is 1.92. The van der Waals surface area contributed by atoms with E-state index >= 15 is 0 Å². The molecule has 70 valence electrons. The Morgan fingerprint density at radius 1 is 1.46 bits per heavy atom. The molecule has 2 rings (SSSR count). The number of nitrogens with one attached hydrogen (secondary N) is 1. The second-order valence-electron chi connectivity index (χ2n) is 3.61. The molecule has 1 aromatic carbocycles. The van der Waals surface area contributed by atoms with Gasteiger partial charge in [-0.3, -0.25) is 5.73 Å². The van der Waals surface area contributed by atoms with Crippen molar-refractivity contribution in [3.63, 3.8) is 0 Å². The summed E-state index contributed by atoms with van der Waals surface area (Å²) < 4.78 is 0. The molecule has 0 aliphatic carbocycles. The van der Waals surface area contributed by atoms with Gasteiger partial charge in [-0.05, 0) is 25.1 Å². The molecule has 0 bridgehead atoms. The number of rotatable bonds is 0. The summed E-state index contributed by atoms with van der Waals surface area (Å²) in [6.07, 6.45) is 0. The van der Waals surface area contributed by atoms with E-state index in [1.165, 1.54) is 0 Å². The normalized spacial score (nSPS) is 25.6. The molecule has 5 N–H and O–H groups in total. The quantitative estimate of drug-likeness (QED) is 0.513. The van der Waals surface area contributed by atoms with Gasteiger partial charge in [0.05, 0.1) is 11.4 Å². The third kappa shape index (κ3) is 1.10. The lowest BCUT2D eigenvalue weighted by Gasteiger charge is -2.29. The zero-order chi connectivity index (χ0) is 9.64. The number of anilines is 3. The average Bonchev–Trinajstić information content (AvgIpc) is 2.22. The highest BCUT2D eigenvalue weighted by molar-refractivity contribution is 5.79. The van der Waals surface area contributed by atoms with E-state index in [1.54, 1.807) is 0 Å². The van der Waals surface area contributed by atoms with Gasteiger partial charge in [-0.2, -0.15) is 0 Å². The minimum atomic E-state index is -0.518. The maximum atomic E-state index is 6.00. The van der Waals surface area contributed by atoms with E-state index in [2.05, 4.69) is 5.32 Å². The van der Waals surface area contributed by atoms with E-state index in [1.807, 2.05) is 37.1 Å². The van der Waals surface area contributed by atoms with E-state index in [0.29, 0.717) is 0 Å². The van der Waals surface area contributed by atoms with Gasteiger partial charge in [-0.25, -0.2) is 0 Å². The lowest BCUT2D eigenvalue weighted by molar-refractivity contribution is 0.548. The van der Waals surface area contributed by atoms with E-state index in [0.717, 1.165) is 17.1 Å². The van der Waals surface area contributed by atoms with Gasteiger partial charge >= 0.3 is 0 Å². The Morgan fingerprint density at radius 3 is 2.85 bits per heavy atom. The standard InChI is InChI=1S/C9H14N4/c1-9(11)12-7-5-6(10)3-4-8(7)13(9)2/h3-5,12H,10-11H2,1-2H3. The fourth-order valence-electron chi connectivity index (χ4n) is 1.55. The Labute approximate surface area is 77.5 Å². The summed E-state index contributed by atoms with van der Waals surface area (Å²) in [6, 6.07) is 5.73. The van der Waals surface area contributed by atoms with E-state index in [-0.39, 0.29) is 0 Å². The maximum Gasteiger partial charge on any atom is 0.161 e. The number of fused-ring (bicyclic) bond motifs is 1. The molecule has 4 nitrogen and oxygen atoms in total. The van der Waals surface area contributed by atoms with Gasteiger partial charge < -0.3 is 16.0 Å². The zero-order valence-corrected chi connectivity index (χ0v) is 7.83. The Balaban J connectivity index is 2.50. The molecular weight excluding hydrogens is 164 g/mol. The van der Waals surface area contributed by atoms with Crippen LogP contribution in [-0.2, 0) is 0 Å². The summed E-state index contributed by atoms with van der Waals surface area (Å²) in [5, 5.41) is 3.19. The van der Waals surface area contributed by atoms with Crippen LogP contribution in [0.15, 0.2) is 18.2 Å². The highest BCUT2D eigenvalue weighted by Gasteiger charge is 2.32.